The molecule has 0 aliphatic carbocycles. The van der Waals surface area contributed by atoms with E-state index in [4.69, 9.17) is 14.2 Å². The maximum absolute atomic E-state index is 12.6. The Morgan fingerprint density at radius 3 is 1.84 bits per heavy atom. The average molecular weight is 687 g/mol. The number of likely N-dealkylation sites (N-methyl/N-ethyl adjacent to an activating group) is 1. The molecule has 0 bridgehead atoms. The lowest BCUT2D eigenvalue weighted by Gasteiger charge is -2.31. The van der Waals surface area contributed by atoms with Crippen molar-refractivity contribution in [3.05, 3.63) is 72.9 Å². The van der Waals surface area contributed by atoms with Gasteiger partial charge in [-0.1, -0.05) is 112 Å². The summed E-state index contributed by atoms with van der Waals surface area (Å²) >= 11 is 0. The van der Waals surface area contributed by atoms with Crippen LogP contribution >= 0.6 is 0 Å². The molecule has 2 atom stereocenters. The molecule has 2 unspecified atom stereocenters. The van der Waals surface area contributed by atoms with Crippen LogP contribution in [-0.4, -0.2) is 80.6 Å². The molecule has 8 nitrogen and oxygen atoms in total. The Labute approximate surface area is 298 Å². The summed E-state index contributed by atoms with van der Waals surface area (Å²) in [7, 11) is 5.48. The van der Waals surface area contributed by atoms with Crippen molar-refractivity contribution in [2.75, 3.05) is 41.0 Å². The fourth-order valence-electron chi connectivity index (χ4n) is 4.84. The van der Waals surface area contributed by atoms with Crippen LogP contribution in [-0.2, 0) is 28.6 Å². The number of aliphatic carboxylic acids is 1. The lowest BCUT2D eigenvalue weighted by molar-refractivity contribution is -0.887. The summed E-state index contributed by atoms with van der Waals surface area (Å²) in [5.41, 5.74) is 0. The molecule has 0 aromatic carbocycles. The molecule has 49 heavy (non-hydrogen) atoms. The second kappa shape index (κ2) is 32.0. The van der Waals surface area contributed by atoms with Gasteiger partial charge in [0.25, 0.3) is 0 Å². The van der Waals surface area contributed by atoms with Crippen LogP contribution in [0.4, 0.5) is 0 Å². The van der Waals surface area contributed by atoms with Crippen molar-refractivity contribution in [2.24, 2.45) is 0 Å². The molecule has 0 rings (SSSR count). The smallest absolute Gasteiger partial charge is 0.362 e. The van der Waals surface area contributed by atoms with E-state index in [0.717, 1.165) is 83.5 Å². The number of carbonyl (C=O) groups excluding carboxylic acids is 2. The number of carbonyl (C=O) groups is 3. The molecule has 0 aliphatic heterocycles. The van der Waals surface area contributed by atoms with Crippen molar-refractivity contribution in [1.29, 1.82) is 0 Å². The molecule has 0 aromatic heterocycles. The van der Waals surface area contributed by atoms with E-state index in [-0.39, 0.29) is 36.2 Å². The Morgan fingerprint density at radius 1 is 0.633 bits per heavy atom. The standard InChI is InChI=1S/C41H67NO7/c1-6-8-10-12-14-16-18-20-22-23-25-27-29-31-39(43)48-36-37(35-47-34-33-38(41(45)46)42(3,4)5)49-40(44)32-30-28-26-24-21-19-17-15-13-11-9-7-2/h8-12,14-18,20,22,37-38H,6-7,13,19,21,23-36H2,1-5H3/p+1/b10-8+,11-9+,14-12+,17-15+,18-16+,22-20+. The summed E-state index contributed by atoms with van der Waals surface area (Å²) in [4.78, 5) is 36.7. The highest BCUT2D eigenvalue weighted by molar-refractivity contribution is 5.72. The number of allylic oxidation sites excluding steroid dienone is 12. The van der Waals surface area contributed by atoms with Crippen LogP contribution in [0.2, 0.25) is 0 Å². The first-order valence-electron chi connectivity index (χ1n) is 18.5. The first-order chi connectivity index (χ1) is 23.6. The average Bonchev–Trinajstić information content (AvgIpc) is 3.05. The number of ether oxygens (including phenoxy) is 3. The van der Waals surface area contributed by atoms with Crippen LogP contribution in [0.3, 0.4) is 0 Å². The maximum Gasteiger partial charge on any atom is 0.362 e. The maximum atomic E-state index is 12.6. The van der Waals surface area contributed by atoms with Gasteiger partial charge in [-0.3, -0.25) is 9.59 Å². The summed E-state index contributed by atoms with van der Waals surface area (Å²) in [6, 6.07) is -0.625. The zero-order valence-electron chi connectivity index (χ0n) is 31.4. The van der Waals surface area contributed by atoms with E-state index >= 15 is 0 Å². The topological polar surface area (TPSA) is 99.1 Å². The SMILES string of the molecule is CC/C=C/C=C/C=C/C=C/CCCCCC(=O)OCC(COCCC(C(=O)O)[N+](C)(C)C)OC(=O)CCCCCCC/C=C/C/C=C/CC. The number of carboxylic acid groups (broad SMARTS) is 1. The summed E-state index contributed by atoms with van der Waals surface area (Å²) < 4.78 is 17.1. The molecule has 1 N–H and O–H groups in total. The fourth-order valence-corrected chi connectivity index (χ4v) is 4.84. The van der Waals surface area contributed by atoms with E-state index in [9.17, 15) is 19.5 Å². The largest absolute Gasteiger partial charge is 0.477 e. The number of carboxylic acids is 1. The highest BCUT2D eigenvalue weighted by Crippen LogP contribution is 2.12. The second-order valence-electron chi connectivity index (χ2n) is 13.2. The first kappa shape index (κ1) is 45.8. The number of quaternary nitrogens is 1. The van der Waals surface area contributed by atoms with Crippen molar-refractivity contribution in [3.63, 3.8) is 0 Å². The highest BCUT2D eigenvalue weighted by atomic mass is 16.6. The van der Waals surface area contributed by atoms with Gasteiger partial charge in [-0.2, -0.15) is 0 Å². The van der Waals surface area contributed by atoms with E-state index in [1.54, 1.807) is 0 Å². The third-order valence-corrected chi connectivity index (χ3v) is 7.70. The molecule has 0 aromatic rings. The second-order valence-corrected chi connectivity index (χ2v) is 13.2. The van der Waals surface area contributed by atoms with Gasteiger partial charge in [-0.15, -0.1) is 0 Å². The normalized spacial score (nSPS) is 13.9. The Balaban J connectivity index is 4.55. The molecule has 8 heteroatoms. The van der Waals surface area contributed by atoms with Gasteiger partial charge in [0.05, 0.1) is 34.4 Å². The monoisotopic (exact) mass is 686 g/mol. The van der Waals surface area contributed by atoms with Crippen molar-refractivity contribution < 1.29 is 38.2 Å². The molecule has 0 aliphatic rings. The van der Waals surface area contributed by atoms with Crippen LogP contribution in [0, 0.1) is 0 Å². The van der Waals surface area contributed by atoms with Gasteiger partial charge < -0.3 is 23.8 Å². The summed E-state index contributed by atoms with van der Waals surface area (Å²) in [6.45, 7) is 4.39. The lowest BCUT2D eigenvalue weighted by Crippen LogP contribution is -2.50. The zero-order chi connectivity index (χ0) is 36.4. The minimum absolute atomic E-state index is 0.0380. The molecular formula is C41H68NO7+. The van der Waals surface area contributed by atoms with Gasteiger partial charge in [-0.05, 0) is 57.8 Å². The van der Waals surface area contributed by atoms with E-state index in [1.807, 2.05) is 57.6 Å². The van der Waals surface area contributed by atoms with Crippen molar-refractivity contribution in [1.82, 2.24) is 0 Å². The molecule has 278 valence electrons. The third kappa shape index (κ3) is 30.6. The number of rotatable bonds is 31. The summed E-state index contributed by atoms with van der Waals surface area (Å²) in [6.07, 6.45) is 38.1. The Morgan fingerprint density at radius 2 is 1.18 bits per heavy atom. The number of hydrogen-bond donors (Lipinski definition) is 1. The van der Waals surface area contributed by atoms with Crippen molar-refractivity contribution >= 4 is 17.9 Å². The Kier molecular flexibility index (Phi) is 29.9. The molecule has 0 saturated carbocycles. The number of nitrogens with zero attached hydrogens (tertiary/aromatic N) is 1. The minimum atomic E-state index is -0.888. The van der Waals surface area contributed by atoms with Crippen LogP contribution < -0.4 is 0 Å². The molecule has 0 radical (unpaired) electrons. The van der Waals surface area contributed by atoms with Gasteiger partial charge in [0.15, 0.2) is 12.1 Å². The van der Waals surface area contributed by atoms with Gasteiger partial charge in [0, 0.05) is 19.3 Å². The van der Waals surface area contributed by atoms with Crippen LogP contribution in [0.5, 0.6) is 0 Å². The molecule has 0 saturated heterocycles. The van der Waals surface area contributed by atoms with Gasteiger partial charge in [0.2, 0.25) is 0 Å². The highest BCUT2D eigenvalue weighted by Gasteiger charge is 2.31. The van der Waals surface area contributed by atoms with Gasteiger partial charge >= 0.3 is 17.9 Å². The molecule has 0 amide bonds. The fraction of sp³-hybridized carbons (Fsp3) is 0.634. The Bertz CT molecular complexity index is 1030. The third-order valence-electron chi connectivity index (χ3n) is 7.70. The quantitative estimate of drug-likeness (QED) is 0.0255. The molecule has 0 fully saturated rings. The van der Waals surface area contributed by atoms with Crippen molar-refractivity contribution in [3.8, 4) is 0 Å². The molecular weight excluding hydrogens is 618 g/mol. The first-order valence-corrected chi connectivity index (χ1v) is 18.5. The predicted molar refractivity (Wildman–Crippen MR) is 201 cm³/mol. The van der Waals surface area contributed by atoms with E-state index in [1.165, 1.54) is 0 Å². The molecule has 0 heterocycles. The summed E-state index contributed by atoms with van der Waals surface area (Å²) in [5.74, 6) is -1.55. The van der Waals surface area contributed by atoms with Gasteiger partial charge in [-0.25, -0.2) is 4.79 Å². The molecule has 0 spiro atoms. The van der Waals surface area contributed by atoms with E-state index in [2.05, 4.69) is 50.3 Å². The van der Waals surface area contributed by atoms with Crippen LogP contribution in [0.15, 0.2) is 72.9 Å². The lowest BCUT2D eigenvalue weighted by atomic mass is 10.1. The summed E-state index contributed by atoms with van der Waals surface area (Å²) in [5, 5.41) is 9.57. The van der Waals surface area contributed by atoms with Crippen LogP contribution in [0.25, 0.3) is 0 Å². The van der Waals surface area contributed by atoms with Crippen LogP contribution in [0.1, 0.15) is 117 Å². The zero-order valence-corrected chi connectivity index (χ0v) is 31.4. The number of hydrogen-bond acceptors (Lipinski definition) is 6. The number of esters is 2. The van der Waals surface area contributed by atoms with E-state index < -0.39 is 18.1 Å². The van der Waals surface area contributed by atoms with E-state index in [0.29, 0.717) is 19.3 Å². The van der Waals surface area contributed by atoms with Crippen molar-refractivity contribution in [2.45, 2.75) is 129 Å². The van der Waals surface area contributed by atoms with Gasteiger partial charge in [0.1, 0.15) is 6.61 Å². The number of unbranched alkanes of at least 4 members (excludes halogenated alkanes) is 8. The Hall–Kier alpha value is -3.23. The minimum Gasteiger partial charge on any atom is -0.477 e. The predicted octanol–water partition coefficient (Wildman–Crippen LogP) is 9.24.